The van der Waals surface area contributed by atoms with Crippen LogP contribution in [-0.4, -0.2) is 11.9 Å². The van der Waals surface area contributed by atoms with E-state index in [1.165, 1.54) is 0 Å². The van der Waals surface area contributed by atoms with Crippen LogP contribution in [0.2, 0.25) is 0 Å². The van der Waals surface area contributed by atoms with Gasteiger partial charge < -0.3 is 11.1 Å². The number of carbonyl (C=O) groups is 1. The van der Waals surface area contributed by atoms with Gasteiger partial charge in [-0.1, -0.05) is 12.1 Å². The van der Waals surface area contributed by atoms with Crippen molar-refractivity contribution >= 4 is 5.91 Å². The molecule has 1 saturated carbocycles. The quantitative estimate of drug-likeness (QED) is 0.748. The van der Waals surface area contributed by atoms with Gasteiger partial charge in [-0.15, -0.1) is 0 Å². The normalized spacial score (nSPS) is 15.2. The number of nitrogens with two attached hydrogens (primary N) is 1. The smallest absolute Gasteiger partial charge is 0.251 e. The van der Waals surface area contributed by atoms with E-state index in [0.29, 0.717) is 18.2 Å². The van der Waals surface area contributed by atoms with Crippen LogP contribution in [0.15, 0.2) is 24.3 Å². The van der Waals surface area contributed by atoms with Crippen LogP contribution >= 0.6 is 0 Å². The van der Waals surface area contributed by atoms with E-state index < -0.39 is 0 Å². The highest BCUT2D eigenvalue weighted by atomic mass is 16.1. The van der Waals surface area contributed by atoms with Gasteiger partial charge in [-0.25, -0.2) is 0 Å². The van der Waals surface area contributed by atoms with Gasteiger partial charge in [0.2, 0.25) is 0 Å². The molecule has 3 heteroatoms. The molecule has 0 atom stereocenters. The molecule has 0 radical (unpaired) electrons. The zero-order valence-electron chi connectivity index (χ0n) is 7.99. The summed E-state index contributed by atoms with van der Waals surface area (Å²) < 4.78 is 0. The Balaban J connectivity index is 2.03. The Morgan fingerprint density at radius 2 is 2.00 bits per heavy atom. The van der Waals surface area contributed by atoms with Crippen molar-refractivity contribution in [3.63, 3.8) is 0 Å². The summed E-state index contributed by atoms with van der Waals surface area (Å²) in [5.74, 6) is 0.0241. The molecule has 0 saturated heterocycles. The van der Waals surface area contributed by atoms with Crippen molar-refractivity contribution in [2.24, 2.45) is 5.73 Å². The third-order valence-electron chi connectivity index (χ3n) is 2.36. The van der Waals surface area contributed by atoms with E-state index in [-0.39, 0.29) is 5.91 Å². The van der Waals surface area contributed by atoms with Gasteiger partial charge in [-0.2, -0.15) is 0 Å². The van der Waals surface area contributed by atoms with E-state index in [1.807, 2.05) is 24.3 Å². The van der Waals surface area contributed by atoms with Crippen molar-refractivity contribution in [3.8, 4) is 0 Å². The first-order chi connectivity index (χ1) is 6.79. The van der Waals surface area contributed by atoms with Gasteiger partial charge in [0, 0.05) is 18.2 Å². The Bertz CT molecular complexity index is 328. The lowest BCUT2D eigenvalue weighted by Gasteiger charge is -2.03. The Kier molecular flexibility index (Phi) is 2.50. The fraction of sp³-hybridized carbons (Fsp3) is 0.364. The number of rotatable bonds is 3. The second kappa shape index (κ2) is 3.80. The van der Waals surface area contributed by atoms with Gasteiger partial charge in [0.15, 0.2) is 0 Å². The van der Waals surface area contributed by atoms with Crippen molar-refractivity contribution in [1.29, 1.82) is 0 Å². The molecule has 1 fully saturated rings. The first-order valence-electron chi connectivity index (χ1n) is 4.89. The van der Waals surface area contributed by atoms with Crippen LogP contribution in [0.5, 0.6) is 0 Å². The number of carbonyl (C=O) groups excluding carboxylic acids is 1. The first-order valence-corrected chi connectivity index (χ1v) is 4.89. The summed E-state index contributed by atoms with van der Waals surface area (Å²) in [4.78, 5) is 11.6. The molecule has 0 unspecified atom stereocenters. The average molecular weight is 190 g/mol. The molecule has 3 nitrogen and oxygen atoms in total. The molecule has 1 aromatic rings. The van der Waals surface area contributed by atoms with E-state index in [2.05, 4.69) is 5.32 Å². The molecule has 1 aliphatic carbocycles. The van der Waals surface area contributed by atoms with Crippen LogP contribution in [0, 0.1) is 0 Å². The highest BCUT2D eigenvalue weighted by molar-refractivity contribution is 5.94. The van der Waals surface area contributed by atoms with Gasteiger partial charge in [0.25, 0.3) is 5.91 Å². The fourth-order valence-electron chi connectivity index (χ4n) is 1.29. The Labute approximate surface area is 83.3 Å². The second-order valence-electron chi connectivity index (χ2n) is 3.65. The maximum atomic E-state index is 11.6. The third-order valence-corrected chi connectivity index (χ3v) is 2.36. The molecule has 14 heavy (non-hydrogen) atoms. The maximum absolute atomic E-state index is 11.6. The Morgan fingerprint density at radius 3 is 2.50 bits per heavy atom. The van der Waals surface area contributed by atoms with Gasteiger partial charge in [0.05, 0.1) is 0 Å². The minimum Gasteiger partial charge on any atom is -0.349 e. The number of nitrogens with one attached hydrogen (secondary N) is 1. The zero-order chi connectivity index (χ0) is 9.97. The largest absolute Gasteiger partial charge is 0.349 e. The van der Waals surface area contributed by atoms with Crippen LogP contribution in [-0.2, 0) is 6.54 Å². The number of hydrogen-bond acceptors (Lipinski definition) is 2. The van der Waals surface area contributed by atoms with Gasteiger partial charge in [0.1, 0.15) is 0 Å². The van der Waals surface area contributed by atoms with Crippen molar-refractivity contribution in [3.05, 3.63) is 35.4 Å². The lowest BCUT2D eigenvalue weighted by Crippen LogP contribution is -2.25. The van der Waals surface area contributed by atoms with Crippen LogP contribution < -0.4 is 11.1 Å². The molecule has 0 bridgehead atoms. The van der Waals surface area contributed by atoms with Gasteiger partial charge >= 0.3 is 0 Å². The fourth-order valence-corrected chi connectivity index (χ4v) is 1.29. The summed E-state index contributed by atoms with van der Waals surface area (Å²) >= 11 is 0. The Hall–Kier alpha value is -1.35. The molecule has 1 amide bonds. The minimum absolute atomic E-state index is 0.0241. The number of benzene rings is 1. The van der Waals surface area contributed by atoms with Gasteiger partial charge in [-0.3, -0.25) is 4.79 Å². The summed E-state index contributed by atoms with van der Waals surface area (Å²) in [5.41, 5.74) is 7.23. The van der Waals surface area contributed by atoms with Crippen LogP contribution in [0.1, 0.15) is 28.8 Å². The van der Waals surface area contributed by atoms with Crippen LogP contribution in [0.25, 0.3) is 0 Å². The minimum atomic E-state index is 0.0241. The highest BCUT2D eigenvalue weighted by Gasteiger charge is 2.23. The van der Waals surface area contributed by atoms with E-state index in [9.17, 15) is 4.79 Å². The van der Waals surface area contributed by atoms with Crippen LogP contribution in [0.4, 0.5) is 0 Å². The molecule has 0 aliphatic heterocycles. The first kappa shape index (κ1) is 9.21. The average Bonchev–Trinajstić information content (AvgIpc) is 3.02. The Morgan fingerprint density at radius 1 is 1.36 bits per heavy atom. The maximum Gasteiger partial charge on any atom is 0.251 e. The topological polar surface area (TPSA) is 55.1 Å². The van der Waals surface area contributed by atoms with E-state index in [1.54, 1.807) is 0 Å². The molecule has 0 heterocycles. The second-order valence-corrected chi connectivity index (χ2v) is 3.65. The molecule has 2 rings (SSSR count). The molecule has 0 spiro atoms. The molecule has 3 N–H and O–H groups in total. The zero-order valence-corrected chi connectivity index (χ0v) is 7.99. The monoisotopic (exact) mass is 190 g/mol. The molecule has 1 aromatic carbocycles. The summed E-state index contributed by atoms with van der Waals surface area (Å²) in [6.45, 7) is 0.518. The van der Waals surface area contributed by atoms with Crippen molar-refractivity contribution in [2.75, 3.05) is 0 Å². The molecular weight excluding hydrogens is 176 g/mol. The summed E-state index contributed by atoms with van der Waals surface area (Å²) in [5, 5.41) is 2.94. The third kappa shape index (κ3) is 2.12. The molecular formula is C11H14N2O. The van der Waals surface area contributed by atoms with Gasteiger partial charge in [-0.05, 0) is 30.5 Å². The highest BCUT2D eigenvalue weighted by Crippen LogP contribution is 2.19. The predicted molar refractivity (Wildman–Crippen MR) is 54.8 cm³/mol. The predicted octanol–water partition coefficient (Wildman–Crippen LogP) is 1.04. The van der Waals surface area contributed by atoms with Crippen molar-refractivity contribution < 1.29 is 4.79 Å². The van der Waals surface area contributed by atoms with Crippen LogP contribution in [0.3, 0.4) is 0 Å². The van der Waals surface area contributed by atoms with E-state index in [0.717, 1.165) is 18.4 Å². The summed E-state index contributed by atoms with van der Waals surface area (Å²) in [6.07, 6.45) is 2.24. The molecule has 0 aromatic heterocycles. The van der Waals surface area contributed by atoms with E-state index in [4.69, 9.17) is 5.73 Å². The number of amides is 1. The molecule has 1 aliphatic rings. The lowest BCUT2D eigenvalue weighted by atomic mass is 10.1. The summed E-state index contributed by atoms with van der Waals surface area (Å²) in [7, 11) is 0. The molecule has 74 valence electrons. The summed E-state index contributed by atoms with van der Waals surface area (Å²) in [6, 6.07) is 7.83. The SMILES string of the molecule is NCc1ccc(C(=O)NC2CC2)cc1. The van der Waals surface area contributed by atoms with Crippen molar-refractivity contribution in [1.82, 2.24) is 5.32 Å². The number of hydrogen-bond donors (Lipinski definition) is 2. The van der Waals surface area contributed by atoms with E-state index >= 15 is 0 Å². The lowest BCUT2D eigenvalue weighted by molar-refractivity contribution is 0.0951. The standard InChI is InChI=1S/C11H14N2O/c12-7-8-1-3-9(4-2-8)11(14)13-10-5-6-10/h1-4,10H,5-7,12H2,(H,13,14). The van der Waals surface area contributed by atoms with Crippen molar-refractivity contribution in [2.45, 2.75) is 25.4 Å².